The molecule has 2 heterocycles. The van der Waals surface area contributed by atoms with Crippen molar-refractivity contribution in [2.24, 2.45) is 0 Å². The van der Waals surface area contributed by atoms with Gasteiger partial charge in [-0.3, -0.25) is 9.78 Å². The van der Waals surface area contributed by atoms with Gasteiger partial charge in [0.2, 0.25) is 5.95 Å². The predicted molar refractivity (Wildman–Crippen MR) is 88.9 cm³/mol. The number of aromatic nitrogens is 3. The van der Waals surface area contributed by atoms with Crippen molar-refractivity contribution >= 4 is 12.0 Å². The summed E-state index contributed by atoms with van der Waals surface area (Å²) in [6.45, 7) is 4.30. The number of nitrogens with zero attached hydrogens (tertiary/aromatic N) is 4. The fourth-order valence-electron chi connectivity index (χ4n) is 2.57. The van der Waals surface area contributed by atoms with Crippen molar-refractivity contribution in [2.45, 2.75) is 6.92 Å². The first-order valence-electron chi connectivity index (χ1n) is 7.88. The first kappa shape index (κ1) is 16.0. The third kappa shape index (κ3) is 3.37. The van der Waals surface area contributed by atoms with Gasteiger partial charge in [0.15, 0.2) is 5.69 Å². The lowest BCUT2D eigenvalue weighted by molar-refractivity contribution is 0.105. The number of H-pyrrole nitrogens is 1. The quantitative estimate of drug-likeness (QED) is 0.907. The summed E-state index contributed by atoms with van der Waals surface area (Å²) in [5.74, 6) is 0.420. The van der Waals surface area contributed by atoms with Crippen molar-refractivity contribution in [1.29, 1.82) is 0 Å². The van der Waals surface area contributed by atoms with E-state index in [4.69, 9.17) is 4.74 Å². The zero-order chi connectivity index (χ0) is 16.9. The summed E-state index contributed by atoms with van der Waals surface area (Å²) < 4.78 is 4.99. The number of hydrogen-bond acceptors (Lipinski definition) is 6. The summed E-state index contributed by atoms with van der Waals surface area (Å²) in [5, 5.41) is 8.20. The van der Waals surface area contributed by atoms with E-state index in [0.29, 0.717) is 44.4 Å². The molecule has 0 bridgehead atoms. The molecule has 0 spiro atoms. The van der Waals surface area contributed by atoms with Gasteiger partial charge in [0, 0.05) is 31.7 Å². The van der Waals surface area contributed by atoms with Crippen LogP contribution in [-0.4, -0.2) is 59.0 Å². The number of piperazine rings is 1. The van der Waals surface area contributed by atoms with Crippen LogP contribution in [0.15, 0.2) is 35.1 Å². The third-order valence-corrected chi connectivity index (χ3v) is 3.84. The van der Waals surface area contributed by atoms with E-state index in [9.17, 15) is 9.59 Å². The summed E-state index contributed by atoms with van der Waals surface area (Å²) in [6, 6.07) is 9.20. The van der Waals surface area contributed by atoms with E-state index in [1.165, 1.54) is 0 Å². The molecular formula is C16H19N5O3. The van der Waals surface area contributed by atoms with Gasteiger partial charge >= 0.3 is 6.09 Å². The molecule has 126 valence electrons. The number of carbonyl (C=O) groups excluding carboxylic acids is 1. The molecule has 0 unspecified atom stereocenters. The van der Waals surface area contributed by atoms with Gasteiger partial charge < -0.3 is 14.5 Å². The minimum Gasteiger partial charge on any atom is -0.450 e. The normalized spacial score (nSPS) is 14.5. The van der Waals surface area contributed by atoms with Gasteiger partial charge in [0.25, 0.3) is 5.56 Å². The number of anilines is 1. The van der Waals surface area contributed by atoms with Crippen molar-refractivity contribution in [2.75, 3.05) is 37.7 Å². The van der Waals surface area contributed by atoms with Crippen LogP contribution >= 0.6 is 0 Å². The molecule has 2 aromatic rings. The summed E-state index contributed by atoms with van der Waals surface area (Å²) in [4.78, 5) is 30.3. The fourth-order valence-corrected chi connectivity index (χ4v) is 2.57. The maximum Gasteiger partial charge on any atom is 0.409 e. The van der Waals surface area contributed by atoms with E-state index in [1.807, 2.05) is 35.2 Å². The average Bonchev–Trinajstić information content (AvgIpc) is 2.63. The SMILES string of the molecule is CCOC(=O)N1CCN(c2nnc(-c3ccccc3)c(=O)[nH]2)CC1. The fraction of sp³-hybridized carbons (Fsp3) is 0.375. The average molecular weight is 329 g/mol. The van der Waals surface area contributed by atoms with Crippen LogP contribution in [0.25, 0.3) is 11.3 Å². The number of hydrogen-bond donors (Lipinski definition) is 1. The highest BCUT2D eigenvalue weighted by molar-refractivity contribution is 5.68. The Hall–Kier alpha value is -2.90. The van der Waals surface area contributed by atoms with Gasteiger partial charge in [-0.1, -0.05) is 30.3 Å². The molecule has 8 heteroatoms. The van der Waals surface area contributed by atoms with Crippen molar-refractivity contribution < 1.29 is 9.53 Å². The van der Waals surface area contributed by atoms with E-state index in [1.54, 1.807) is 11.8 Å². The van der Waals surface area contributed by atoms with Crippen LogP contribution in [0.1, 0.15) is 6.92 Å². The molecule has 1 aromatic carbocycles. The maximum absolute atomic E-state index is 12.3. The third-order valence-electron chi connectivity index (χ3n) is 3.84. The molecule has 1 aliphatic heterocycles. The van der Waals surface area contributed by atoms with Crippen LogP contribution in [0, 0.1) is 0 Å². The smallest absolute Gasteiger partial charge is 0.409 e. The van der Waals surface area contributed by atoms with Gasteiger partial charge in [0.05, 0.1) is 6.61 Å². The highest BCUT2D eigenvalue weighted by Gasteiger charge is 2.23. The molecule has 1 amide bonds. The molecule has 0 aliphatic carbocycles. The van der Waals surface area contributed by atoms with E-state index in [-0.39, 0.29) is 11.7 Å². The molecule has 1 aliphatic rings. The molecule has 0 saturated carbocycles. The minimum atomic E-state index is -0.309. The number of benzene rings is 1. The minimum absolute atomic E-state index is 0.279. The Morgan fingerprint density at radius 2 is 1.88 bits per heavy atom. The highest BCUT2D eigenvalue weighted by Crippen LogP contribution is 2.13. The molecule has 1 fully saturated rings. The Balaban J connectivity index is 1.70. The van der Waals surface area contributed by atoms with Gasteiger partial charge in [-0.25, -0.2) is 4.79 Å². The van der Waals surface area contributed by atoms with Gasteiger partial charge in [0.1, 0.15) is 0 Å². The van der Waals surface area contributed by atoms with Gasteiger partial charge in [-0.2, -0.15) is 0 Å². The second-order valence-electron chi connectivity index (χ2n) is 5.37. The first-order chi connectivity index (χ1) is 11.7. The number of rotatable bonds is 3. The Labute approximate surface area is 139 Å². The van der Waals surface area contributed by atoms with Crippen molar-refractivity contribution in [1.82, 2.24) is 20.1 Å². The topological polar surface area (TPSA) is 91.4 Å². The Bertz CT molecular complexity index is 754. The Morgan fingerprint density at radius 1 is 1.17 bits per heavy atom. The lowest BCUT2D eigenvalue weighted by Gasteiger charge is -2.33. The van der Waals surface area contributed by atoms with Gasteiger partial charge in [-0.05, 0) is 6.92 Å². The second kappa shape index (κ2) is 7.12. The molecule has 1 N–H and O–H groups in total. The number of ether oxygens (including phenoxy) is 1. The summed E-state index contributed by atoms with van der Waals surface area (Å²) in [6.07, 6.45) is -0.309. The zero-order valence-electron chi connectivity index (χ0n) is 13.4. The predicted octanol–water partition coefficient (Wildman–Crippen LogP) is 1.11. The number of aromatic amines is 1. The maximum atomic E-state index is 12.3. The van der Waals surface area contributed by atoms with E-state index in [0.717, 1.165) is 5.56 Å². The second-order valence-corrected chi connectivity index (χ2v) is 5.37. The van der Waals surface area contributed by atoms with Crippen LogP contribution in [0.2, 0.25) is 0 Å². The van der Waals surface area contributed by atoms with Crippen LogP contribution in [0.5, 0.6) is 0 Å². The molecule has 3 rings (SSSR count). The standard InChI is InChI=1S/C16H19N5O3/c1-2-24-16(23)21-10-8-20(9-11-21)15-17-14(22)13(18-19-15)12-6-4-3-5-7-12/h3-7H,2,8-11H2,1H3,(H,17,19,22). The van der Waals surface area contributed by atoms with E-state index < -0.39 is 0 Å². The largest absolute Gasteiger partial charge is 0.450 e. The number of carbonyl (C=O) groups is 1. The Morgan fingerprint density at radius 3 is 2.50 bits per heavy atom. The zero-order valence-corrected chi connectivity index (χ0v) is 13.4. The molecule has 8 nitrogen and oxygen atoms in total. The summed E-state index contributed by atoms with van der Waals surface area (Å²) >= 11 is 0. The van der Waals surface area contributed by atoms with Crippen LogP contribution in [0.3, 0.4) is 0 Å². The van der Waals surface area contributed by atoms with Crippen LogP contribution in [0.4, 0.5) is 10.7 Å². The summed E-state index contributed by atoms with van der Waals surface area (Å²) in [5.41, 5.74) is 0.744. The first-order valence-corrected chi connectivity index (χ1v) is 7.88. The van der Waals surface area contributed by atoms with Crippen LogP contribution in [-0.2, 0) is 4.74 Å². The molecule has 24 heavy (non-hydrogen) atoms. The molecular weight excluding hydrogens is 310 g/mol. The van der Waals surface area contributed by atoms with Crippen molar-refractivity contribution in [3.8, 4) is 11.3 Å². The van der Waals surface area contributed by atoms with Crippen molar-refractivity contribution in [3.05, 3.63) is 40.7 Å². The monoisotopic (exact) mass is 329 g/mol. The molecule has 1 aromatic heterocycles. The van der Waals surface area contributed by atoms with Gasteiger partial charge in [-0.15, -0.1) is 10.2 Å². The van der Waals surface area contributed by atoms with E-state index >= 15 is 0 Å². The lowest BCUT2D eigenvalue weighted by Crippen LogP contribution is -2.49. The number of nitrogens with one attached hydrogen (secondary N) is 1. The summed E-state index contributed by atoms with van der Waals surface area (Å²) in [7, 11) is 0. The number of amides is 1. The molecule has 1 saturated heterocycles. The highest BCUT2D eigenvalue weighted by atomic mass is 16.6. The van der Waals surface area contributed by atoms with Crippen molar-refractivity contribution in [3.63, 3.8) is 0 Å². The van der Waals surface area contributed by atoms with E-state index in [2.05, 4.69) is 15.2 Å². The Kier molecular flexibility index (Phi) is 4.74. The molecule has 0 radical (unpaired) electrons. The molecule has 0 atom stereocenters. The lowest BCUT2D eigenvalue weighted by atomic mass is 10.2. The van der Waals surface area contributed by atoms with Crippen LogP contribution < -0.4 is 10.5 Å².